The molecular weight excluding hydrogens is 201 g/mol. The molecular formula is C7H6N2Y-2. The standard InChI is InChI=1S/C7H6N2.Y/c1-5-3-2-4-6(8)7(5)9;/h2-4H,1H3;/q-2;. The molecule has 0 aliphatic heterocycles. The summed E-state index contributed by atoms with van der Waals surface area (Å²) in [5, 5.41) is 17.8. The van der Waals surface area contributed by atoms with Gasteiger partial charge in [-0.2, -0.15) is 11.4 Å². The Bertz CT molecular complexity index is 226. The fourth-order valence-electron chi connectivity index (χ4n) is 0.643. The van der Waals surface area contributed by atoms with Crippen molar-refractivity contribution in [2.24, 2.45) is 0 Å². The number of hydrogen-bond acceptors (Lipinski definition) is 0. The molecule has 0 heterocycles. The Kier molecular flexibility index (Phi) is 3.91. The van der Waals surface area contributed by atoms with Gasteiger partial charge in [0, 0.05) is 32.7 Å². The summed E-state index contributed by atoms with van der Waals surface area (Å²) in [5.41, 5.74) is 0.600. The molecule has 1 aliphatic rings. The van der Waals surface area contributed by atoms with Crippen LogP contribution in [0.2, 0.25) is 0 Å². The van der Waals surface area contributed by atoms with Crippen molar-refractivity contribution in [3.8, 4) is 0 Å². The minimum atomic E-state index is -0.0602. The maximum absolute atomic E-state index is 8.96. The predicted octanol–water partition coefficient (Wildman–Crippen LogP) is 1.52. The van der Waals surface area contributed by atoms with Crippen molar-refractivity contribution in [1.29, 1.82) is 0 Å². The molecule has 0 bridgehead atoms. The molecule has 1 radical (unpaired) electrons. The Labute approximate surface area is 85.3 Å². The molecule has 1 aliphatic carbocycles. The second kappa shape index (κ2) is 3.94. The Balaban J connectivity index is 0.000000810. The first-order chi connectivity index (χ1) is 4.22. The topological polar surface area (TPSA) is 44.6 Å². The normalized spacial score (nSPS) is 16.3. The van der Waals surface area contributed by atoms with Gasteiger partial charge < -0.3 is 10.8 Å². The number of rotatable bonds is 0. The van der Waals surface area contributed by atoms with Crippen LogP contribution >= 0.6 is 0 Å². The van der Waals surface area contributed by atoms with E-state index in [1.165, 1.54) is 6.08 Å². The zero-order valence-electron chi connectivity index (χ0n) is 5.70. The molecule has 0 spiro atoms. The van der Waals surface area contributed by atoms with Gasteiger partial charge in [0.1, 0.15) is 0 Å². The molecule has 1 rings (SSSR count). The minimum Gasteiger partial charge on any atom is -0.805 e. The molecule has 3 heteroatoms. The van der Waals surface area contributed by atoms with E-state index in [4.69, 9.17) is 10.8 Å². The molecule has 0 aromatic rings. The van der Waals surface area contributed by atoms with E-state index in [0.717, 1.165) is 0 Å². The van der Waals surface area contributed by atoms with Crippen molar-refractivity contribution in [3.05, 3.63) is 34.6 Å². The summed E-state index contributed by atoms with van der Waals surface area (Å²) in [6.07, 6.45) is 4.86. The molecule has 0 N–H and O–H groups in total. The van der Waals surface area contributed by atoms with E-state index >= 15 is 0 Å². The molecule has 0 fully saturated rings. The second-order valence-electron chi connectivity index (χ2n) is 1.94. The fourth-order valence-corrected chi connectivity index (χ4v) is 0.643. The van der Waals surface area contributed by atoms with Crippen LogP contribution in [0.1, 0.15) is 6.92 Å². The van der Waals surface area contributed by atoms with Crippen molar-refractivity contribution in [2.45, 2.75) is 6.92 Å². The number of nitrogens with zero attached hydrogens (tertiary/aromatic N) is 2. The van der Waals surface area contributed by atoms with Gasteiger partial charge in [-0.25, -0.2) is 0 Å². The van der Waals surface area contributed by atoms with Crippen LogP contribution < -0.4 is 0 Å². The van der Waals surface area contributed by atoms with E-state index in [9.17, 15) is 0 Å². The molecule has 0 aromatic carbocycles. The maximum atomic E-state index is 8.96. The van der Waals surface area contributed by atoms with Crippen molar-refractivity contribution in [3.63, 3.8) is 0 Å². The van der Waals surface area contributed by atoms with Crippen LogP contribution in [0, 0.1) is 0 Å². The number of hydrogen-bond donors (Lipinski definition) is 0. The van der Waals surface area contributed by atoms with Crippen LogP contribution in [0.25, 0.3) is 10.8 Å². The average molecular weight is 207 g/mol. The first-order valence-electron chi connectivity index (χ1n) is 2.69. The third-order valence-corrected chi connectivity index (χ3v) is 1.22. The summed E-state index contributed by atoms with van der Waals surface area (Å²) >= 11 is 0. The zero-order valence-corrected chi connectivity index (χ0v) is 8.54. The third kappa shape index (κ3) is 1.96. The van der Waals surface area contributed by atoms with Gasteiger partial charge in [-0.15, -0.1) is 0 Å². The van der Waals surface area contributed by atoms with E-state index in [2.05, 4.69) is 0 Å². The van der Waals surface area contributed by atoms with Crippen LogP contribution in [-0.2, 0) is 32.7 Å². The average Bonchev–Trinajstić information content (AvgIpc) is 1.83. The van der Waals surface area contributed by atoms with Gasteiger partial charge in [-0.3, -0.25) is 0 Å². The smallest absolute Gasteiger partial charge is 0 e. The van der Waals surface area contributed by atoms with E-state index in [1.807, 2.05) is 0 Å². The quantitative estimate of drug-likeness (QED) is 0.540. The molecule has 2 nitrogen and oxygen atoms in total. The van der Waals surface area contributed by atoms with Gasteiger partial charge in [0.05, 0.1) is 0 Å². The van der Waals surface area contributed by atoms with Crippen LogP contribution in [0.15, 0.2) is 23.8 Å². The molecule has 0 atom stereocenters. The summed E-state index contributed by atoms with van der Waals surface area (Å²) in [6, 6.07) is 0. The van der Waals surface area contributed by atoms with Gasteiger partial charge >= 0.3 is 0 Å². The van der Waals surface area contributed by atoms with Gasteiger partial charge in [0.2, 0.25) is 0 Å². The van der Waals surface area contributed by atoms with Crippen molar-refractivity contribution in [1.82, 2.24) is 0 Å². The predicted molar refractivity (Wildman–Crippen MR) is 39.6 cm³/mol. The summed E-state index contributed by atoms with van der Waals surface area (Å²) < 4.78 is 0. The van der Waals surface area contributed by atoms with Gasteiger partial charge in [-0.05, 0) is 6.92 Å². The summed E-state index contributed by atoms with van der Waals surface area (Å²) in [6.45, 7) is 1.73. The number of allylic oxidation sites excluding steroid dienone is 4. The molecule has 0 amide bonds. The van der Waals surface area contributed by atoms with Crippen LogP contribution in [0.5, 0.6) is 0 Å². The molecule has 10 heavy (non-hydrogen) atoms. The van der Waals surface area contributed by atoms with Crippen molar-refractivity contribution >= 4 is 11.4 Å². The first-order valence-corrected chi connectivity index (χ1v) is 2.69. The molecule has 49 valence electrons. The van der Waals surface area contributed by atoms with Crippen LogP contribution in [-0.4, -0.2) is 11.4 Å². The fraction of sp³-hybridized carbons (Fsp3) is 0.143. The first kappa shape index (κ1) is 9.92. The summed E-state index contributed by atoms with van der Waals surface area (Å²) in [4.78, 5) is 0. The summed E-state index contributed by atoms with van der Waals surface area (Å²) in [7, 11) is 0. The Morgan fingerprint density at radius 2 is 1.90 bits per heavy atom. The second-order valence-corrected chi connectivity index (χ2v) is 1.94. The largest absolute Gasteiger partial charge is 0.805 e. The van der Waals surface area contributed by atoms with E-state index in [0.29, 0.717) is 5.57 Å². The Morgan fingerprint density at radius 1 is 1.30 bits per heavy atom. The molecule has 0 saturated carbocycles. The monoisotopic (exact) mass is 207 g/mol. The molecule has 0 aromatic heterocycles. The third-order valence-electron chi connectivity index (χ3n) is 1.22. The van der Waals surface area contributed by atoms with Crippen LogP contribution in [0.3, 0.4) is 0 Å². The Hall–Kier alpha value is -0.0761. The van der Waals surface area contributed by atoms with Gasteiger partial charge in [0.25, 0.3) is 0 Å². The molecule has 0 unspecified atom stereocenters. The van der Waals surface area contributed by atoms with Crippen molar-refractivity contribution in [2.75, 3.05) is 0 Å². The Morgan fingerprint density at radius 3 is 2.30 bits per heavy atom. The van der Waals surface area contributed by atoms with Crippen molar-refractivity contribution < 1.29 is 32.7 Å². The van der Waals surface area contributed by atoms with E-state index in [1.54, 1.807) is 19.1 Å². The van der Waals surface area contributed by atoms with E-state index in [-0.39, 0.29) is 44.1 Å². The van der Waals surface area contributed by atoms with Gasteiger partial charge in [0.15, 0.2) is 0 Å². The van der Waals surface area contributed by atoms with Gasteiger partial charge in [-0.1, -0.05) is 23.8 Å². The van der Waals surface area contributed by atoms with E-state index < -0.39 is 0 Å². The molecule has 0 saturated heterocycles. The maximum Gasteiger partial charge on any atom is 0 e. The minimum absolute atomic E-state index is 0. The zero-order chi connectivity index (χ0) is 6.85. The van der Waals surface area contributed by atoms with Crippen LogP contribution in [0.4, 0.5) is 0 Å². The SMILES string of the molecule is CC1=CC=CC(=[N-])C1=[N-].[Y]. The summed E-state index contributed by atoms with van der Waals surface area (Å²) in [5.74, 6) is 0.